The summed E-state index contributed by atoms with van der Waals surface area (Å²) < 4.78 is 15.6. The number of thiazole rings is 2. The van der Waals surface area contributed by atoms with Gasteiger partial charge in [-0.1, -0.05) is 0 Å². The van der Waals surface area contributed by atoms with Crippen molar-refractivity contribution in [1.29, 1.82) is 0 Å². The zero-order valence-electron chi connectivity index (χ0n) is 16.9. The second-order valence-electron chi connectivity index (χ2n) is 6.68. The lowest BCUT2D eigenvalue weighted by molar-refractivity contribution is -0.137. The van der Waals surface area contributed by atoms with E-state index in [1.807, 2.05) is 4.90 Å². The van der Waals surface area contributed by atoms with Gasteiger partial charge in [0.2, 0.25) is 5.91 Å². The summed E-state index contributed by atoms with van der Waals surface area (Å²) in [6.45, 7) is 3.29. The highest BCUT2D eigenvalue weighted by molar-refractivity contribution is 7.13. The van der Waals surface area contributed by atoms with E-state index in [9.17, 15) is 9.59 Å². The van der Waals surface area contributed by atoms with Crippen molar-refractivity contribution < 1.29 is 23.8 Å². The Morgan fingerprint density at radius 3 is 2.67 bits per heavy atom. The summed E-state index contributed by atoms with van der Waals surface area (Å²) in [5, 5.41) is 7.83. The SMILES string of the molecule is COCCOCCOCC(=O)N1CCC(c2nc(C(=O)Nc3nccs3)cs2)CC1. The van der Waals surface area contributed by atoms with Gasteiger partial charge in [-0.15, -0.1) is 22.7 Å². The first-order valence-corrected chi connectivity index (χ1v) is 11.5. The summed E-state index contributed by atoms with van der Waals surface area (Å²) in [4.78, 5) is 34.9. The van der Waals surface area contributed by atoms with Crippen LogP contribution in [0.5, 0.6) is 0 Å². The molecule has 1 aliphatic rings. The molecule has 0 aromatic carbocycles. The number of carbonyl (C=O) groups excluding carboxylic acids is 2. The topological polar surface area (TPSA) is 103 Å². The number of carbonyl (C=O) groups is 2. The average molecular weight is 455 g/mol. The van der Waals surface area contributed by atoms with E-state index in [-0.39, 0.29) is 24.3 Å². The third-order valence-electron chi connectivity index (χ3n) is 4.63. The molecule has 9 nitrogen and oxygen atoms in total. The summed E-state index contributed by atoms with van der Waals surface area (Å²) in [7, 11) is 1.62. The minimum Gasteiger partial charge on any atom is -0.382 e. The van der Waals surface area contributed by atoms with Gasteiger partial charge in [0.15, 0.2) is 5.13 Å². The van der Waals surface area contributed by atoms with Crippen molar-refractivity contribution in [2.24, 2.45) is 0 Å². The van der Waals surface area contributed by atoms with E-state index < -0.39 is 0 Å². The van der Waals surface area contributed by atoms with E-state index in [0.29, 0.717) is 50.3 Å². The maximum atomic E-state index is 12.3. The number of hydrogen-bond donors (Lipinski definition) is 1. The molecule has 0 saturated carbocycles. The van der Waals surface area contributed by atoms with Gasteiger partial charge in [-0.3, -0.25) is 14.9 Å². The van der Waals surface area contributed by atoms with Gasteiger partial charge in [-0.25, -0.2) is 9.97 Å². The van der Waals surface area contributed by atoms with Crippen LogP contribution < -0.4 is 5.32 Å². The number of ether oxygens (including phenoxy) is 3. The fraction of sp³-hybridized carbons (Fsp3) is 0.579. The number of methoxy groups -OCH3 is 1. The Labute approximate surface area is 183 Å². The van der Waals surface area contributed by atoms with Gasteiger partial charge < -0.3 is 19.1 Å². The predicted octanol–water partition coefficient (Wildman–Crippen LogP) is 2.24. The van der Waals surface area contributed by atoms with E-state index in [0.717, 1.165) is 17.8 Å². The Morgan fingerprint density at radius 1 is 1.17 bits per heavy atom. The number of hydrogen-bond acceptors (Lipinski definition) is 9. The molecule has 1 saturated heterocycles. The van der Waals surface area contributed by atoms with Crippen molar-refractivity contribution in [2.75, 3.05) is 58.6 Å². The molecule has 3 rings (SSSR count). The van der Waals surface area contributed by atoms with Crippen LogP contribution in [0, 0.1) is 0 Å². The Morgan fingerprint density at radius 2 is 1.93 bits per heavy atom. The molecule has 0 atom stereocenters. The van der Waals surface area contributed by atoms with Gasteiger partial charge in [0.05, 0.1) is 31.4 Å². The van der Waals surface area contributed by atoms with Crippen molar-refractivity contribution >= 4 is 39.6 Å². The molecule has 11 heteroatoms. The lowest BCUT2D eigenvalue weighted by atomic mass is 9.97. The number of nitrogens with zero attached hydrogens (tertiary/aromatic N) is 3. The van der Waals surface area contributed by atoms with Crippen LogP contribution in [0.2, 0.25) is 0 Å². The molecule has 2 aromatic rings. The molecule has 30 heavy (non-hydrogen) atoms. The van der Waals surface area contributed by atoms with E-state index in [2.05, 4.69) is 15.3 Å². The van der Waals surface area contributed by atoms with E-state index in [1.165, 1.54) is 22.7 Å². The second kappa shape index (κ2) is 12.1. The van der Waals surface area contributed by atoms with Gasteiger partial charge in [0, 0.05) is 43.1 Å². The van der Waals surface area contributed by atoms with E-state index in [4.69, 9.17) is 14.2 Å². The van der Waals surface area contributed by atoms with Crippen LogP contribution >= 0.6 is 22.7 Å². The summed E-state index contributed by atoms with van der Waals surface area (Å²) >= 11 is 2.86. The van der Waals surface area contributed by atoms with Crippen molar-refractivity contribution in [3.05, 3.63) is 27.7 Å². The Bertz CT molecular complexity index is 791. The van der Waals surface area contributed by atoms with Crippen LogP contribution in [0.15, 0.2) is 17.0 Å². The number of aromatic nitrogens is 2. The van der Waals surface area contributed by atoms with Crippen LogP contribution in [0.4, 0.5) is 5.13 Å². The predicted molar refractivity (Wildman–Crippen MR) is 114 cm³/mol. The lowest BCUT2D eigenvalue weighted by Gasteiger charge is -2.31. The van der Waals surface area contributed by atoms with Crippen LogP contribution in [0.3, 0.4) is 0 Å². The highest BCUT2D eigenvalue weighted by Crippen LogP contribution is 2.30. The third kappa shape index (κ3) is 6.81. The molecular weight excluding hydrogens is 428 g/mol. The average Bonchev–Trinajstić information content (AvgIpc) is 3.45. The van der Waals surface area contributed by atoms with Crippen LogP contribution in [-0.4, -0.2) is 79.9 Å². The number of rotatable bonds is 11. The van der Waals surface area contributed by atoms with Gasteiger partial charge in [-0.05, 0) is 12.8 Å². The number of amides is 2. The molecule has 164 valence electrons. The highest BCUT2D eigenvalue weighted by Gasteiger charge is 2.26. The largest absolute Gasteiger partial charge is 0.382 e. The summed E-state index contributed by atoms with van der Waals surface area (Å²) in [5.41, 5.74) is 0.407. The Kier molecular flexibility index (Phi) is 9.15. The Hall–Kier alpha value is -1.92. The first kappa shape index (κ1) is 22.8. The highest BCUT2D eigenvalue weighted by atomic mass is 32.1. The van der Waals surface area contributed by atoms with Crippen molar-refractivity contribution in [1.82, 2.24) is 14.9 Å². The molecule has 0 spiro atoms. The van der Waals surface area contributed by atoms with Crippen molar-refractivity contribution in [2.45, 2.75) is 18.8 Å². The standard InChI is InChI=1S/C19H26N4O5S2/c1-26-7-8-27-9-10-28-12-16(24)23-5-2-14(3-6-23)18-21-15(13-30-18)17(25)22-19-20-4-11-29-19/h4,11,13-14H,2-3,5-10,12H2,1H3,(H,20,22,25). The fourth-order valence-corrected chi connectivity index (χ4v) is 4.51. The number of nitrogens with one attached hydrogen (secondary N) is 1. The molecular formula is C19H26N4O5S2. The van der Waals surface area contributed by atoms with Crippen LogP contribution in [-0.2, 0) is 19.0 Å². The smallest absolute Gasteiger partial charge is 0.276 e. The molecule has 0 unspecified atom stereocenters. The van der Waals surface area contributed by atoms with Gasteiger partial charge in [-0.2, -0.15) is 0 Å². The normalized spacial score (nSPS) is 14.8. The summed E-state index contributed by atoms with van der Waals surface area (Å²) in [6, 6.07) is 0. The Balaban J connectivity index is 1.36. The zero-order valence-corrected chi connectivity index (χ0v) is 18.5. The number of piperidine rings is 1. The minimum atomic E-state index is -0.247. The van der Waals surface area contributed by atoms with Crippen LogP contribution in [0.1, 0.15) is 34.3 Å². The first-order chi connectivity index (χ1) is 14.7. The molecule has 3 heterocycles. The number of anilines is 1. The van der Waals surface area contributed by atoms with Crippen molar-refractivity contribution in [3.63, 3.8) is 0 Å². The monoisotopic (exact) mass is 454 g/mol. The molecule has 1 aliphatic heterocycles. The van der Waals surface area contributed by atoms with E-state index in [1.54, 1.807) is 24.1 Å². The maximum absolute atomic E-state index is 12.3. The fourth-order valence-electron chi connectivity index (χ4n) is 3.01. The van der Waals surface area contributed by atoms with E-state index >= 15 is 0 Å². The third-order valence-corrected chi connectivity index (χ3v) is 6.33. The van der Waals surface area contributed by atoms with Gasteiger partial charge in [0.1, 0.15) is 12.3 Å². The molecule has 1 fully saturated rings. The van der Waals surface area contributed by atoms with Gasteiger partial charge in [0.25, 0.3) is 5.91 Å². The lowest BCUT2D eigenvalue weighted by Crippen LogP contribution is -2.40. The zero-order chi connectivity index (χ0) is 21.2. The molecule has 0 bridgehead atoms. The molecule has 0 radical (unpaired) electrons. The van der Waals surface area contributed by atoms with Crippen LogP contribution in [0.25, 0.3) is 0 Å². The van der Waals surface area contributed by atoms with Crippen molar-refractivity contribution in [3.8, 4) is 0 Å². The minimum absolute atomic E-state index is 0.00649. The quantitative estimate of drug-likeness (QED) is 0.520. The van der Waals surface area contributed by atoms with Gasteiger partial charge >= 0.3 is 0 Å². The summed E-state index contributed by atoms with van der Waals surface area (Å²) in [6.07, 6.45) is 3.30. The second-order valence-corrected chi connectivity index (χ2v) is 8.46. The molecule has 2 aromatic heterocycles. The molecule has 2 amide bonds. The maximum Gasteiger partial charge on any atom is 0.276 e. The molecule has 0 aliphatic carbocycles. The molecule has 1 N–H and O–H groups in total. The first-order valence-electron chi connectivity index (χ1n) is 9.76. The summed E-state index contributed by atoms with van der Waals surface area (Å²) in [5.74, 6) is 0.00646. The number of likely N-dealkylation sites (tertiary alicyclic amines) is 1.